The largest absolute Gasteiger partial charge is 0.484 e. The zero-order valence-corrected chi connectivity index (χ0v) is 20.9. The molecule has 0 unspecified atom stereocenters. The van der Waals surface area contributed by atoms with Gasteiger partial charge in [0.25, 0.3) is 5.91 Å². The first-order valence-corrected chi connectivity index (χ1v) is 12.4. The van der Waals surface area contributed by atoms with Gasteiger partial charge in [-0.1, -0.05) is 42.5 Å². The molecule has 1 amide bonds. The van der Waals surface area contributed by atoms with Gasteiger partial charge in [0, 0.05) is 43.3 Å². The van der Waals surface area contributed by atoms with Crippen LogP contribution in [0.3, 0.4) is 0 Å². The Kier molecular flexibility index (Phi) is 7.06. The van der Waals surface area contributed by atoms with Crippen LogP contribution in [0.1, 0.15) is 19.4 Å². The monoisotopic (exact) mass is 500 g/mol. The minimum absolute atomic E-state index is 0.00723. The highest BCUT2D eigenvalue weighted by Gasteiger charge is 2.32. The Morgan fingerprint density at radius 2 is 1.73 bits per heavy atom. The summed E-state index contributed by atoms with van der Waals surface area (Å²) in [5.74, 6) is 0.594. The summed E-state index contributed by atoms with van der Waals surface area (Å²) in [5, 5.41) is 0.404. The second-order valence-corrected chi connectivity index (χ2v) is 9.59. The second kappa shape index (κ2) is 10.6. The van der Waals surface area contributed by atoms with Gasteiger partial charge in [-0.2, -0.15) is 0 Å². The fourth-order valence-electron chi connectivity index (χ4n) is 4.79. The van der Waals surface area contributed by atoms with Gasteiger partial charge in [0.1, 0.15) is 22.9 Å². The van der Waals surface area contributed by atoms with Crippen LogP contribution in [0.5, 0.6) is 5.75 Å². The molecule has 0 aliphatic carbocycles. The maximum Gasteiger partial charge on any atom is 0.260 e. The molecule has 2 heterocycles. The van der Waals surface area contributed by atoms with Crippen molar-refractivity contribution in [3.63, 3.8) is 0 Å². The summed E-state index contributed by atoms with van der Waals surface area (Å²) in [5.41, 5.74) is 2.16. The number of benzene rings is 3. The molecule has 1 aromatic heterocycles. The fraction of sp³-hybridized carbons (Fsp3) is 0.267. The van der Waals surface area contributed by atoms with E-state index in [1.807, 2.05) is 42.2 Å². The van der Waals surface area contributed by atoms with Crippen molar-refractivity contribution in [3.05, 3.63) is 100 Å². The Balaban J connectivity index is 1.22. The van der Waals surface area contributed by atoms with E-state index in [0.717, 1.165) is 11.1 Å². The van der Waals surface area contributed by atoms with Crippen molar-refractivity contribution < 1.29 is 18.3 Å². The van der Waals surface area contributed by atoms with E-state index in [9.17, 15) is 14.0 Å². The summed E-state index contributed by atoms with van der Waals surface area (Å²) < 4.78 is 25.0. The molecule has 190 valence electrons. The Bertz CT molecular complexity index is 1450. The number of hydrogen-bond acceptors (Lipinski definition) is 5. The first kappa shape index (κ1) is 24.7. The zero-order chi connectivity index (χ0) is 25.9. The lowest BCUT2D eigenvalue weighted by molar-refractivity contribution is -0.139. The Morgan fingerprint density at radius 1 is 0.973 bits per heavy atom. The minimum Gasteiger partial charge on any atom is -0.484 e. The van der Waals surface area contributed by atoms with Crippen LogP contribution >= 0.6 is 0 Å². The average Bonchev–Trinajstić information content (AvgIpc) is 2.91. The molecule has 1 aliphatic heterocycles. The van der Waals surface area contributed by atoms with Gasteiger partial charge in [-0.15, -0.1) is 0 Å². The number of carbonyl (C=O) groups excluding carboxylic acids is 1. The van der Waals surface area contributed by atoms with Gasteiger partial charge >= 0.3 is 0 Å². The van der Waals surface area contributed by atoms with Crippen LogP contribution in [0.4, 0.5) is 4.39 Å². The molecular formula is C30H29FN2O4. The smallest absolute Gasteiger partial charge is 0.260 e. The highest BCUT2D eigenvalue weighted by Crippen LogP contribution is 2.25. The highest BCUT2D eigenvalue weighted by atomic mass is 19.1. The normalized spacial score (nSPS) is 18.2. The molecule has 0 radical (unpaired) electrons. The molecule has 1 saturated heterocycles. The number of hydrogen-bond donors (Lipinski definition) is 0. The minimum atomic E-state index is -0.246. The molecule has 4 aromatic rings. The molecule has 1 fully saturated rings. The molecular weight excluding hydrogens is 471 g/mol. The number of rotatable bonds is 6. The molecule has 0 spiro atoms. The van der Waals surface area contributed by atoms with E-state index >= 15 is 0 Å². The summed E-state index contributed by atoms with van der Waals surface area (Å²) in [6.45, 7) is 5.99. The van der Waals surface area contributed by atoms with E-state index in [0.29, 0.717) is 42.1 Å². The lowest BCUT2D eigenvalue weighted by Crippen LogP contribution is -2.58. The maximum absolute atomic E-state index is 13.2. The third-order valence-corrected chi connectivity index (χ3v) is 6.85. The number of piperazine rings is 1. The third kappa shape index (κ3) is 5.57. The molecule has 3 aromatic carbocycles. The summed E-state index contributed by atoms with van der Waals surface area (Å²) in [7, 11) is 0. The van der Waals surface area contributed by atoms with Gasteiger partial charge in [-0.25, -0.2) is 4.39 Å². The summed E-state index contributed by atoms with van der Waals surface area (Å²) in [6, 6.07) is 22.6. The van der Waals surface area contributed by atoms with Gasteiger partial charge < -0.3 is 14.1 Å². The summed E-state index contributed by atoms with van der Waals surface area (Å²) in [4.78, 5) is 29.9. The number of amides is 1. The van der Waals surface area contributed by atoms with Crippen molar-refractivity contribution in [1.29, 1.82) is 0 Å². The SMILES string of the molecule is C[C@@H]1CN(Cc2ccc(F)cc2)[C@@H](C)CN1C(=O)COc1ccc2oc(-c3ccccc3)cc(=O)c2c1. The lowest BCUT2D eigenvalue weighted by atomic mass is 10.1. The molecule has 2 atom stereocenters. The standard InChI is InChI=1S/C30H29FN2O4/c1-20-17-33(21(2)16-32(20)18-22-8-10-24(31)11-9-22)30(35)19-36-25-12-13-28-26(14-25)27(34)15-29(37-28)23-6-4-3-5-7-23/h3-15,20-21H,16-19H2,1-2H3/t20-,21+/m0/s1. The topological polar surface area (TPSA) is 63.0 Å². The zero-order valence-electron chi connectivity index (χ0n) is 20.9. The summed E-state index contributed by atoms with van der Waals surface area (Å²) >= 11 is 0. The van der Waals surface area contributed by atoms with Crippen molar-refractivity contribution >= 4 is 16.9 Å². The van der Waals surface area contributed by atoms with Crippen LogP contribution in [-0.4, -0.2) is 47.5 Å². The van der Waals surface area contributed by atoms with Crippen LogP contribution in [-0.2, 0) is 11.3 Å². The number of nitrogens with zero attached hydrogens (tertiary/aromatic N) is 2. The highest BCUT2D eigenvalue weighted by molar-refractivity contribution is 5.81. The van der Waals surface area contributed by atoms with E-state index in [2.05, 4.69) is 11.8 Å². The van der Waals surface area contributed by atoms with Crippen LogP contribution in [0.2, 0.25) is 0 Å². The number of ether oxygens (including phenoxy) is 1. The van der Waals surface area contributed by atoms with Crippen LogP contribution in [0.25, 0.3) is 22.3 Å². The molecule has 37 heavy (non-hydrogen) atoms. The number of carbonyl (C=O) groups is 1. The quantitative estimate of drug-likeness (QED) is 0.369. The number of halogens is 1. The Hall–Kier alpha value is -3.97. The van der Waals surface area contributed by atoms with Gasteiger partial charge in [0.05, 0.1) is 5.39 Å². The van der Waals surface area contributed by atoms with Gasteiger partial charge in [0.2, 0.25) is 0 Å². The predicted molar refractivity (Wildman–Crippen MR) is 141 cm³/mol. The number of fused-ring (bicyclic) bond motifs is 1. The predicted octanol–water partition coefficient (Wildman–Crippen LogP) is 5.10. The fourth-order valence-corrected chi connectivity index (χ4v) is 4.79. The van der Waals surface area contributed by atoms with Crippen molar-refractivity contribution in [3.8, 4) is 17.1 Å². The molecule has 7 heteroatoms. The van der Waals surface area contributed by atoms with Crippen molar-refractivity contribution in [2.24, 2.45) is 0 Å². The van der Waals surface area contributed by atoms with Crippen molar-refractivity contribution in [1.82, 2.24) is 9.80 Å². The molecule has 0 saturated carbocycles. The summed E-state index contributed by atoms with van der Waals surface area (Å²) in [6.07, 6.45) is 0. The van der Waals surface area contributed by atoms with E-state index in [1.54, 1.807) is 30.3 Å². The molecule has 0 bridgehead atoms. The van der Waals surface area contributed by atoms with E-state index in [-0.39, 0.29) is 35.8 Å². The van der Waals surface area contributed by atoms with Crippen LogP contribution in [0.15, 0.2) is 88.1 Å². The third-order valence-electron chi connectivity index (χ3n) is 6.85. The molecule has 6 nitrogen and oxygen atoms in total. The average molecular weight is 501 g/mol. The lowest BCUT2D eigenvalue weighted by Gasteiger charge is -2.44. The van der Waals surface area contributed by atoms with Crippen LogP contribution < -0.4 is 10.2 Å². The van der Waals surface area contributed by atoms with E-state index in [1.165, 1.54) is 18.2 Å². The Morgan fingerprint density at radius 3 is 2.49 bits per heavy atom. The molecule has 5 rings (SSSR count). The first-order valence-electron chi connectivity index (χ1n) is 12.4. The maximum atomic E-state index is 13.2. The second-order valence-electron chi connectivity index (χ2n) is 9.59. The molecule has 1 aliphatic rings. The van der Waals surface area contributed by atoms with Crippen molar-refractivity contribution in [2.75, 3.05) is 19.7 Å². The molecule has 0 N–H and O–H groups in total. The van der Waals surface area contributed by atoms with Gasteiger partial charge in [0.15, 0.2) is 12.0 Å². The van der Waals surface area contributed by atoms with E-state index in [4.69, 9.17) is 9.15 Å². The van der Waals surface area contributed by atoms with Gasteiger partial charge in [-0.3, -0.25) is 14.5 Å². The van der Waals surface area contributed by atoms with E-state index < -0.39 is 0 Å². The Labute approximate surface area is 214 Å². The first-order chi connectivity index (χ1) is 17.9. The van der Waals surface area contributed by atoms with Crippen LogP contribution in [0, 0.1) is 5.82 Å². The van der Waals surface area contributed by atoms with Gasteiger partial charge in [-0.05, 0) is 49.7 Å². The van der Waals surface area contributed by atoms with Crippen molar-refractivity contribution in [2.45, 2.75) is 32.5 Å².